The Labute approximate surface area is 213 Å². The molecule has 0 spiro atoms. The Morgan fingerprint density at radius 1 is 0.676 bits per heavy atom. The average Bonchev–Trinajstić information content (AvgIpc) is 3.27. The van der Waals surface area contributed by atoms with Gasteiger partial charge in [0.25, 0.3) is 0 Å². The van der Waals surface area contributed by atoms with E-state index in [0.29, 0.717) is 11.6 Å². The van der Waals surface area contributed by atoms with Crippen LogP contribution in [0.4, 0.5) is 0 Å². The Morgan fingerprint density at radius 3 is 1.70 bits per heavy atom. The topological polar surface area (TPSA) is 152 Å². The lowest BCUT2D eigenvalue weighted by molar-refractivity contribution is -2.00. The smallest absolute Gasteiger partial charge is 0.222 e. The molecule has 6 aromatic rings. The number of aryl methyl sites for hydroxylation is 1. The number of nitrogens with zero attached hydrogens (tertiary/aromatic N) is 6. The zero-order valence-corrected chi connectivity index (χ0v) is 20.2. The largest absolute Gasteiger partial charge is 0.407 e. The van der Waals surface area contributed by atoms with Gasteiger partial charge in [0, 0.05) is 27.9 Å². The highest BCUT2D eigenvalue weighted by atomic mass is 35.7. The number of fused-ring (bicyclic) bond motifs is 3. The molecule has 10 nitrogen and oxygen atoms in total. The van der Waals surface area contributed by atoms with Gasteiger partial charge in [-0.15, -0.1) is 29.8 Å². The number of rotatable bonds is 3. The fraction of sp³-hybridized carbons (Fsp3) is 0.0385. The molecule has 0 bridgehead atoms. The van der Waals surface area contributed by atoms with Crippen molar-refractivity contribution in [3.8, 4) is 33.8 Å². The van der Waals surface area contributed by atoms with Gasteiger partial charge in [0.1, 0.15) is 17.1 Å². The summed E-state index contributed by atoms with van der Waals surface area (Å²) in [5.41, 5.74) is 6.44. The van der Waals surface area contributed by atoms with Crippen LogP contribution in [0.2, 0.25) is 0 Å². The van der Waals surface area contributed by atoms with Crippen molar-refractivity contribution < 1.29 is 33.4 Å². The van der Waals surface area contributed by atoms with Crippen molar-refractivity contribution in [1.29, 1.82) is 0 Å². The van der Waals surface area contributed by atoms with E-state index in [1.807, 2.05) is 91.9 Å². The lowest BCUT2D eigenvalue weighted by atomic mass is 10.0. The normalized spacial score (nSPS) is 11.4. The second-order valence-corrected chi connectivity index (χ2v) is 8.75. The third-order valence-corrected chi connectivity index (χ3v) is 5.46. The predicted octanol–water partition coefficient (Wildman–Crippen LogP) is -0.189. The van der Waals surface area contributed by atoms with Crippen LogP contribution >= 0.6 is 0 Å². The molecule has 0 fully saturated rings. The molecule has 0 amide bonds. The van der Waals surface area contributed by atoms with Crippen LogP contribution in [0.15, 0.2) is 97.1 Å². The van der Waals surface area contributed by atoms with E-state index < -0.39 is 10.2 Å². The minimum Gasteiger partial charge on any atom is -0.222 e. The predicted molar refractivity (Wildman–Crippen MR) is 123 cm³/mol. The van der Waals surface area contributed by atoms with E-state index in [4.69, 9.17) is 38.8 Å². The molecule has 184 valence electrons. The van der Waals surface area contributed by atoms with E-state index in [2.05, 4.69) is 12.1 Å². The highest BCUT2D eigenvalue weighted by Gasteiger charge is 2.24. The van der Waals surface area contributed by atoms with Crippen LogP contribution in [0, 0.1) is 17.2 Å². The van der Waals surface area contributed by atoms with Gasteiger partial charge in [-0.3, -0.25) is 0 Å². The molecule has 37 heavy (non-hydrogen) atoms. The van der Waals surface area contributed by atoms with Crippen LogP contribution in [0.5, 0.6) is 0 Å². The molecule has 0 radical (unpaired) electrons. The highest BCUT2D eigenvalue weighted by molar-refractivity contribution is 5.77. The maximum atomic E-state index is 8.49. The van der Waals surface area contributed by atoms with Crippen LogP contribution < -0.4 is 23.2 Å². The lowest BCUT2D eigenvalue weighted by Gasteiger charge is -2.17. The quantitative estimate of drug-likeness (QED) is 0.295. The number of aromatic nitrogens is 6. The van der Waals surface area contributed by atoms with Crippen LogP contribution in [-0.4, -0.2) is 24.7 Å². The summed E-state index contributed by atoms with van der Waals surface area (Å²) in [7, 11) is -4.94. The first-order chi connectivity index (χ1) is 17.8. The molecule has 0 aliphatic carbocycles. The Morgan fingerprint density at radius 2 is 1.16 bits per heavy atom. The fourth-order valence-electron chi connectivity index (χ4n) is 3.89. The minimum absolute atomic E-state index is 0.504. The SMILES string of the molecule is Cc1cc(-c2ccccc2)nc2n1nc1nc(-c3ccccc3)c(-c3ccccc3)n[n+]12.[O-][Cl+3]([O-])([O-])[O-]. The molecular formula is C26H19ClN6O4. The Kier molecular flexibility index (Phi) is 6.57. The molecule has 0 unspecified atom stereocenters. The van der Waals surface area contributed by atoms with Crippen molar-refractivity contribution >= 4 is 11.6 Å². The molecule has 3 aromatic carbocycles. The summed E-state index contributed by atoms with van der Waals surface area (Å²) >= 11 is 0. The summed E-state index contributed by atoms with van der Waals surface area (Å²) in [5, 5.41) is 9.71. The molecule has 0 N–H and O–H groups in total. The fourth-order valence-corrected chi connectivity index (χ4v) is 3.89. The average molecular weight is 515 g/mol. The molecule has 0 aliphatic rings. The standard InChI is InChI=1S/C26H19N6.ClHO4/c1-18-17-22(19-11-5-2-6-12-19)27-26-31(18)30-25-28-23(20-13-7-3-8-14-20)24(29-32(25)26)21-15-9-4-10-16-21;2-1(3,4)5/h2-17H,1H3;(H,2,3,4,5)/q+1;/p-1. The van der Waals surface area contributed by atoms with E-state index in [1.165, 1.54) is 0 Å². The maximum absolute atomic E-state index is 8.49. The summed E-state index contributed by atoms with van der Waals surface area (Å²) in [6.07, 6.45) is 0. The van der Waals surface area contributed by atoms with E-state index in [1.54, 1.807) is 9.03 Å². The number of halogens is 1. The van der Waals surface area contributed by atoms with Gasteiger partial charge >= 0.3 is 11.6 Å². The van der Waals surface area contributed by atoms with Crippen molar-refractivity contribution in [3.05, 3.63) is 103 Å². The van der Waals surface area contributed by atoms with Gasteiger partial charge in [0.2, 0.25) is 0 Å². The molecule has 6 rings (SSSR count). The third kappa shape index (κ3) is 5.43. The van der Waals surface area contributed by atoms with E-state index in [9.17, 15) is 0 Å². The molecule has 3 heterocycles. The summed E-state index contributed by atoms with van der Waals surface area (Å²) in [5.74, 6) is 1.13. The first-order valence-electron chi connectivity index (χ1n) is 11.1. The molecule has 3 aromatic heterocycles. The molecule has 0 atom stereocenters. The summed E-state index contributed by atoms with van der Waals surface area (Å²) in [6, 6.07) is 32.3. The zero-order chi connectivity index (χ0) is 26.0. The Hall–Kier alpha value is -4.32. The van der Waals surface area contributed by atoms with Crippen LogP contribution in [0.3, 0.4) is 0 Å². The van der Waals surface area contributed by atoms with Crippen LogP contribution in [0.1, 0.15) is 5.69 Å². The summed E-state index contributed by atoms with van der Waals surface area (Å²) in [6.45, 7) is 2.02. The van der Waals surface area contributed by atoms with Gasteiger partial charge in [0.05, 0.1) is 5.69 Å². The van der Waals surface area contributed by atoms with Crippen molar-refractivity contribution in [2.24, 2.45) is 0 Å². The van der Waals surface area contributed by atoms with Gasteiger partial charge in [-0.05, 0) is 6.92 Å². The first-order valence-corrected chi connectivity index (χ1v) is 12.3. The Balaban J connectivity index is 0.000000514. The molecule has 0 saturated heterocycles. The van der Waals surface area contributed by atoms with E-state index >= 15 is 0 Å². The monoisotopic (exact) mass is 514 g/mol. The van der Waals surface area contributed by atoms with E-state index in [0.717, 1.165) is 39.5 Å². The van der Waals surface area contributed by atoms with Crippen LogP contribution in [-0.2, 0) is 0 Å². The summed E-state index contributed by atoms with van der Waals surface area (Å²) < 4.78 is 37.5. The summed E-state index contributed by atoms with van der Waals surface area (Å²) in [4.78, 5) is 9.82. The van der Waals surface area contributed by atoms with Gasteiger partial charge in [-0.2, -0.15) is 0 Å². The van der Waals surface area contributed by atoms with Crippen molar-refractivity contribution in [3.63, 3.8) is 0 Å². The van der Waals surface area contributed by atoms with Crippen LogP contribution in [0.25, 0.3) is 45.3 Å². The van der Waals surface area contributed by atoms with E-state index in [-0.39, 0.29) is 0 Å². The van der Waals surface area contributed by atoms with Gasteiger partial charge < -0.3 is 0 Å². The Bertz CT molecular complexity index is 1670. The van der Waals surface area contributed by atoms with Gasteiger partial charge in [-0.25, -0.2) is 18.6 Å². The second kappa shape index (κ2) is 9.97. The zero-order valence-electron chi connectivity index (χ0n) is 19.4. The van der Waals surface area contributed by atoms with Gasteiger partial charge in [-0.1, -0.05) is 95.5 Å². The number of hydrogen-bond acceptors (Lipinski definition) is 8. The highest BCUT2D eigenvalue weighted by Crippen LogP contribution is 2.28. The van der Waals surface area contributed by atoms with Gasteiger partial charge in [0.15, 0.2) is 0 Å². The maximum Gasteiger partial charge on any atom is 0.407 e. The molecular weight excluding hydrogens is 496 g/mol. The van der Waals surface area contributed by atoms with Crippen molar-refractivity contribution in [1.82, 2.24) is 24.7 Å². The lowest BCUT2D eigenvalue weighted by Crippen LogP contribution is -2.68. The van der Waals surface area contributed by atoms with Crippen molar-refractivity contribution in [2.45, 2.75) is 6.92 Å². The first kappa shape index (κ1) is 24.4. The molecule has 11 heteroatoms. The molecule has 0 saturated carbocycles. The molecule has 0 aliphatic heterocycles. The third-order valence-electron chi connectivity index (χ3n) is 5.46. The van der Waals surface area contributed by atoms with Crippen molar-refractivity contribution in [2.75, 3.05) is 0 Å². The minimum atomic E-state index is -4.94. The number of hydrogen-bond donors (Lipinski definition) is 0. The second-order valence-electron chi connectivity index (χ2n) is 7.99. The number of benzene rings is 3.